The summed E-state index contributed by atoms with van der Waals surface area (Å²) in [5, 5.41) is 0.622. The Kier molecular flexibility index (Phi) is 5.35. The SMILES string of the molecule is COC(=O)[C@@H](Oc1cc(C)cc2oc(=O)cc(-c3ccccc3)c12)c1ccccc1. The van der Waals surface area contributed by atoms with Crippen LogP contribution in [0.2, 0.25) is 0 Å². The molecule has 0 aliphatic rings. The zero-order chi connectivity index (χ0) is 21.1. The summed E-state index contributed by atoms with van der Waals surface area (Å²) in [6.07, 6.45) is -0.961. The van der Waals surface area contributed by atoms with Gasteiger partial charge in [0, 0.05) is 17.2 Å². The molecule has 0 amide bonds. The standard InChI is InChI=1S/C25H20O5/c1-16-13-20-23(19(15-22(26)29-20)17-9-5-3-6-10-17)21(14-16)30-24(25(27)28-2)18-11-7-4-8-12-18/h3-15,24H,1-2H3/t24-/m0/s1. The highest BCUT2D eigenvalue weighted by Crippen LogP contribution is 2.37. The summed E-state index contributed by atoms with van der Waals surface area (Å²) in [4.78, 5) is 24.7. The first-order valence-electron chi connectivity index (χ1n) is 9.50. The van der Waals surface area contributed by atoms with Gasteiger partial charge in [-0.15, -0.1) is 0 Å². The fourth-order valence-electron chi connectivity index (χ4n) is 3.45. The van der Waals surface area contributed by atoms with Gasteiger partial charge in [0.2, 0.25) is 6.10 Å². The molecular formula is C25H20O5. The highest BCUT2D eigenvalue weighted by atomic mass is 16.6. The lowest BCUT2D eigenvalue weighted by Gasteiger charge is -2.20. The molecule has 5 nitrogen and oxygen atoms in total. The van der Waals surface area contributed by atoms with Crippen LogP contribution in [0.4, 0.5) is 0 Å². The molecule has 0 N–H and O–H groups in total. The van der Waals surface area contributed by atoms with Crippen LogP contribution in [0.3, 0.4) is 0 Å². The molecule has 1 atom stereocenters. The van der Waals surface area contributed by atoms with E-state index in [0.717, 1.165) is 11.1 Å². The number of carbonyl (C=O) groups excluding carboxylic acids is 1. The van der Waals surface area contributed by atoms with Gasteiger partial charge in [-0.05, 0) is 30.2 Å². The van der Waals surface area contributed by atoms with E-state index in [2.05, 4.69) is 0 Å². The number of esters is 1. The Hall–Kier alpha value is -3.86. The van der Waals surface area contributed by atoms with Gasteiger partial charge >= 0.3 is 11.6 Å². The van der Waals surface area contributed by atoms with Crippen molar-refractivity contribution >= 4 is 16.9 Å². The second-order valence-corrected chi connectivity index (χ2v) is 6.91. The first-order chi connectivity index (χ1) is 14.6. The highest BCUT2D eigenvalue weighted by Gasteiger charge is 2.25. The van der Waals surface area contributed by atoms with Crippen molar-refractivity contribution in [2.45, 2.75) is 13.0 Å². The van der Waals surface area contributed by atoms with Gasteiger partial charge < -0.3 is 13.9 Å². The largest absolute Gasteiger partial charge is 0.473 e. The molecule has 0 saturated heterocycles. The monoisotopic (exact) mass is 400 g/mol. The molecule has 1 heterocycles. The van der Waals surface area contributed by atoms with Crippen LogP contribution in [0.1, 0.15) is 17.2 Å². The van der Waals surface area contributed by atoms with Crippen LogP contribution < -0.4 is 10.4 Å². The first kappa shape index (κ1) is 19.5. The van der Waals surface area contributed by atoms with Gasteiger partial charge in [0.15, 0.2) is 0 Å². The second-order valence-electron chi connectivity index (χ2n) is 6.91. The van der Waals surface area contributed by atoms with Crippen LogP contribution >= 0.6 is 0 Å². The number of methoxy groups -OCH3 is 1. The summed E-state index contributed by atoms with van der Waals surface area (Å²) in [6.45, 7) is 1.87. The van der Waals surface area contributed by atoms with Crippen LogP contribution in [0.5, 0.6) is 5.75 Å². The van der Waals surface area contributed by atoms with Crippen molar-refractivity contribution in [2.75, 3.05) is 7.11 Å². The van der Waals surface area contributed by atoms with Gasteiger partial charge in [-0.25, -0.2) is 9.59 Å². The van der Waals surface area contributed by atoms with E-state index in [1.807, 2.05) is 61.5 Å². The molecule has 30 heavy (non-hydrogen) atoms. The third kappa shape index (κ3) is 3.82. The van der Waals surface area contributed by atoms with Gasteiger partial charge in [-0.3, -0.25) is 0 Å². The molecule has 0 radical (unpaired) electrons. The smallest absolute Gasteiger partial charge is 0.351 e. The summed E-state index contributed by atoms with van der Waals surface area (Å²) < 4.78 is 16.7. The van der Waals surface area contributed by atoms with E-state index in [9.17, 15) is 9.59 Å². The molecule has 0 bridgehead atoms. The molecule has 0 aliphatic heterocycles. The average molecular weight is 400 g/mol. The molecule has 3 aromatic carbocycles. The van der Waals surface area contributed by atoms with E-state index in [4.69, 9.17) is 13.9 Å². The van der Waals surface area contributed by atoms with Crippen molar-refractivity contribution < 1.29 is 18.7 Å². The summed E-state index contributed by atoms with van der Waals surface area (Å²) in [6, 6.07) is 23.7. The van der Waals surface area contributed by atoms with Crippen LogP contribution in [-0.4, -0.2) is 13.1 Å². The Labute approximate surface area is 173 Å². The minimum atomic E-state index is -0.961. The molecule has 0 aliphatic carbocycles. The molecule has 1 aromatic heterocycles. The van der Waals surface area contributed by atoms with Gasteiger partial charge in [-0.1, -0.05) is 60.7 Å². The molecule has 0 saturated carbocycles. The van der Waals surface area contributed by atoms with Crippen molar-refractivity contribution in [1.82, 2.24) is 0 Å². The molecule has 4 aromatic rings. The van der Waals surface area contributed by atoms with E-state index in [0.29, 0.717) is 27.8 Å². The molecular weight excluding hydrogens is 380 g/mol. The Morgan fingerprint density at radius 3 is 2.27 bits per heavy atom. The lowest BCUT2D eigenvalue weighted by molar-refractivity contribution is -0.149. The number of fused-ring (bicyclic) bond motifs is 1. The average Bonchev–Trinajstić information content (AvgIpc) is 2.77. The number of aryl methyl sites for hydroxylation is 1. The van der Waals surface area contributed by atoms with Crippen molar-refractivity contribution in [3.05, 3.63) is 100 Å². The third-order valence-corrected chi connectivity index (χ3v) is 4.80. The number of benzene rings is 3. The summed E-state index contributed by atoms with van der Waals surface area (Å²) in [5.74, 6) is -0.0821. The van der Waals surface area contributed by atoms with E-state index < -0.39 is 17.7 Å². The maximum Gasteiger partial charge on any atom is 0.351 e. The Balaban J connectivity index is 1.94. The second kappa shape index (κ2) is 8.25. The molecule has 150 valence electrons. The molecule has 0 spiro atoms. The number of ether oxygens (including phenoxy) is 2. The lowest BCUT2D eigenvalue weighted by atomic mass is 10.00. The normalized spacial score (nSPS) is 11.8. The van der Waals surface area contributed by atoms with E-state index in [1.165, 1.54) is 13.2 Å². The maximum atomic E-state index is 12.5. The fourth-order valence-corrected chi connectivity index (χ4v) is 3.45. The van der Waals surface area contributed by atoms with E-state index >= 15 is 0 Å². The van der Waals surface area contributed by atoms with Crippen LogP contribution in [-0.2, 0) is 9.53 Å². The van der Waals surface area contributed by atoms with E-state index in [1.54, 1.807) is 18.2 Å². The quantitative estimate of drug-likeness (QED) is 0.346. The van der Waals surface area contributed by atoms with Gasteiger partial charge in [0.05, 0.1) is 12.5 Å². The minimum absolute atomic E-state index is 0.396. The minimum Gasteiger partial charge on any atom is -0.473 e. The number of hydrogen-bond acceptors (Lipinski definition) is 5. The molecule has 0 fully saturated rings. The Bertz CT molecular complexity index is 1240. The number of carbonyl (C=O) groups is 1. The van der Waals surface area contributed by atoms with Gasteiger partial charge in [-0.2, -0.15) is 0 Å². The summed E-state index contributed by atoms with van der Waals surface area (Å²) in [7, 11) is 1.32. The van der Waals surface area contributed by atoms with Crippen LogP contribution in [0.25, 0.3) is 22.1 Å². The predicted molar refractivity (Wildman–Crippen MR) is 114 cm³/mol. The summed E-state index contributed by atoms with van der Waals surface area (Å²) in [5.41, 5.74) is 2.96. The Morgan fingerprint density at radius 2 is 1.60 bits per heavy atom. The molecule has 4 rings (SSSR count). The van der Waals surface area contributed by atoms with Crippen LogP contribution in [0, 0.1) is 6.92 Å². The summed E-state index contributed by atoms with van der Waals surface area (Å²) >= 11 is 0. The van der Waals surface area contributed by atoms with Crippen molar-refractivity contribution in [3.63, 3.8) is 0 Å². The number of hydrogen-bond donors (Lipinski definition) is 0. The van der Waals surface area contributed by atoms with Gasteiger partial charge in [0.25, 0.3) is 0 Å². The fraction of sp³-hybridized carbons (Fsp3) is 0.120. The topological polar surface area (TPSA) is 65.7 Å². The highest BCUT2D eigenvalue weighted by molar-refractivity contribution is 5.98. The predicted octanol–water partition coefficient (Wildman–Crippen LogP) is 5.06. The van der Waals surface area contributed by atoms with Crippen molar-refractivity contribution in [2.24, 2.45) is 0 Å². The first-order valence-corrected chi connectivity index (χ1v) is 9.50. The van der Waals surface area contributed by atoms with Crippen molar-refractivity contribution in [3.8, 4) is 16.9 Å². The number of rotatable bonds is 5. The van der Waals surface area contributed by atoms with Gasteiger partial charge in [0.1, 0.15) is 11.3 Å². The van der Waals surface area contributed by atoms with Crippen LogP contribution in [0.15, 0.2) is 88.1 Å². The zero-order valence-electron chi connectivity index (χ0n) is 16.6. The van der Waals surface area contributed by atoms with E-state index in [-0.39, 0.29) is 0 Å². The van der Waals surface area contributed by atoms with Crippen molar-refractivity contribution in [1.29, 1.82) is 0 Å². The zero-order valence-corrected chi connectivity index (χ0v) is 16.6. The lowest BCUT2D eigenvalue weighted by Crippen LogP contribution is -2.20. The third-order valence-electron chi connectivity index (χ3n) is 4.80. The molecule has 5 heteroatoms. The molecule has 0 unspecified atom stereocenters. The Morgan fingerprint density at radius 1 is 0.933 bits per heavy atom. The maximum absolute atomic E-state index is 12.5.